The minimum absolute atomic E-state index is 0.0719. The highest BCUT2D eigenvalue weighted by Gasteiger charge is 2.19. The van der Waals surface area contributed by atoms with Crippen molar-refractivity contribution in [2.24, 2.45) is 0 Å². The van der Waals surface area contributed by atoms with E-state index in [1.807, 2.05) is 0 Å². The molecular formula is C15H19N3O4S2. The second kappa shape index (κ2) is 7.80. The number of carbonyl (C=O) groups excluding carboxylic acids is 2. The molecule has 2 aromatic heterocycles. The maximum atomic E-state index is 11.6. The highest BCUT2D eigenvalue weighted by molar-refractivity contribution is 8.00. The van der Waals surface area contributed by atoms with Crippen molar-refractivity contribution in [3.05, 3.63) is 24.0 Å². The van der Waals surface area contributed by atoms with E-state index in [1.165, 1.54) is 30.2 Å². The lowest BCUT2D eigenvalue weighted by molar-refractivity contribution is -0.142. The molecule has 0 spiro atoms. The van der Waals surface area contributed by atoms with Gasteiger partial charge in [0, 0.05) is 5.41 Å². The van der Waals surface area contributed by atoms with Gasteiger partial charge < -0.3 is 14.5 Å². The first kappa shape index (κ1) is 18.5. The first-order chi connectivity index (χ1) is 11.3. The lowest BCUT2D eigenvalue weighted by atomic mass is 9.94. The highest BCUT2D eigenvalue weighted by Crippen LogP contribution is 2.31. The molecule has 0 radical (unpaired) electrons. The SMILES string of the molecule is COC(=O)CC(=O)Nc1ncc(SCc2ncc(C(C)(C)C)o2)s1. The molecule has 0 aliphatic rings. The molecule has 7 nitrogen and oxygen atoms in total. The van der Waals surface area contributed by atoms with Crippen LogP contribution >= 0.6 is 23.1 Å². The number of thiazole rings is 1. The molecule has 9 heteroatoms. The molecular weight excluding hydrogens is 350 g/mol. The number of nitrogens with one attached hydrogen (secondary N) is 1. The van der Waals surface area contributed by atoms with Gasteiger partial charge in [-0.05, 0) is 0 Å². The first-order valence-electron chi connectivity index (χ1n) is 7.18. The van der Waals surface area contributed by atoms with Gasteiger partial charge in [0.05, 0.1) is 29.5 Å². The van der Waals surface area contributed by atoms with Crippen LogP contribution in [0.5, 0.6) is 0 Å². The van der Waals surface area contributed by atoms with Crippen LogP contribution in [-0.4, -0.2) is 29.0 Å². The lowest BCUT2D eigenvalue weighted by Crippen LogP contribution is -2.16. The summed E-state index contributed by atoms with van der Waals surface area (Å²) in [5, 5.41) is 3.00. The smallest absolute Gasteiger partial charge is 0.315 e. The summed E-state index contributed by atoms with van der Waals surface area (Å²) in [5.74, 6) is 1.04. The molecule has 0 aliphatic heterocycles. The number of thioether (sulfide) groups is 1. The van der Waals surface area contributed by atoms with Crippen molar-refractivity contribution in [2.45, 2.75) is 42.6 Å². The summed E-state index contributed by atoms with van der Waals surface area (Å²) in [5.41, 5.74) is -0.0719. The molecule has 130 valence electrons. The van der Waals surface area contributed by atoms with Gasteiger partial charge in [0.2, 0.25) is 11.8 Å². The van der Waals surface area contributed by atoms with Crippen molar-refractivity contribution in [1.82, 2.24) is 9.97 Å². The second-order valence-electron chi connectivity index (χ2n) is 5.94. The lowest BCUT2D eigenvalue weighted by Gasteiger charge is -2.12. The topological polar surface area (TPSA) is 94.3 Å². The number of carbonyl (C=O) groups is 2. The van der Waals surface area contributed by atoms with Gasteiger partial charge in [-0.15, -0.1) is 11.8 Å². The van der Waals surface area contributed by atoms with Crippen LogP contribution in [0.4, 0.5) is 5.13 Å². The van der Waals surface area contributed by atoms with E-state index in [4.69, 9.17) is 4.42 Å². The monoisotopic (exact) mass is 369 g/mol. The number of esters is 1. The Morgan fingerprint density at radius 3 is 2.71 bits per heavy atom. The molecule has 0 aliphatic carbocycles. The van der Waals surface area contributed by atoms with Crippen LogP contribution in [0, 0.1) is 0 Å². The fourth-order valence-electron chi connectivity index (χ4n) is 1.61. The number of hydrogen-bond donors (Lipinski definition) is 1. The van der Waals surface area contributed by atoms with Gasteiger partial charge in [-0.3, -0.25) is 9.59 Å². The van der Waals surface area contributed by atoms with E-state index < -0.39 is 11.9 Å². The zero-order valence-electron chi connectivity index (χ0n) is 13.9. The fraction of sp³-hybridized carbons (Fsp3) is 0.467. The fourth-order valence-corrected chi connectivity index (χ4v) is 3.35. The molecule has 24 heavy (non-hydrogen) atoms. The Morgan fingerprint density at radius 1 is 1.33 bits per heavy atom. The van der Waals surface area contributed by atoms with E-state index in [0.29, 0.717) is 16.8 Å². The summed E-state index contributed by atoms with van der Waals surface area (Å²) < 4.78 is 11.1. The van der Waals surface area contributed by atoms with Crippen LogP contribution in [0.1, 0.15) is 38.8 Å². The molecule has 0 saturated carbocycles. The Hall–Kier alpha value is -1.87. The van der Waals surface area contributed by atoms with Crippen molar-refractivity contribution in [2.75, 3.05) is 12.4 Å². The normalized spacial score (nSPS) is 11.3. The van der Waals surface area contributed by atoms with Crippen LogP contribution in [-0.2, 0) is 25.5 Å². The van der Waals surface area contributed by atoms with Crippen LogP contribution in [0.15, 0.2) is 21.0 Å². The predicted octanol–water partition coefficient (Wildman–Crippen LogP) is 3.22. The summed E-state index contributed by atoms with van der Waals surface area (Å²) in [6, 6.07) is 0. The Kier molecular flexibility index (Phi) is 6.00. The molecule has 0 saturated heterocycles. The van der Waals surface area contributed by atoms with Gasteiger partial charge in [-0.25, -0.2) is 9.97 Å². The standard InChI is InChI=1S/C15H19N3O4S2/c1-15(2,3)9-6-16-11(22-9)8-23-13-7-17-14(24-13)18-10(19)5-12(20)21-4/h6-7H,5,8H2,1-4H3,(H,17,18,19). The Bertz CT molecular complexity index is 718. The van der Waals surface area contributed by atoms with Gasteiger partial charge in [-0.2, -0.15) is 0 Å². The summed E-state index contributed by atoms with van der Waals surface area (Å²) >= 11 is 2.85. The quantitative estimate of drug-likeness (QED) is 0.474. The van der Waals surface area contributed by atoms with Crippen molar-refractivity contribution < 1.29 is 18.7 Å². The Morgan fingerprint density at radius 2 is 2.08 bits per heavy atom. The minimum atomic E-state index is -0.586. The number of oxazole rings is 1. The van der Waals surface area contributed by atoms with Crippen LogP contribution < -0.4 is 5.32 Å². The van der Waals surface area contributed by atoms with Crippen molar-refractivity contribution in [3.8, 4) is 0 Å². The highest BCUT2D eigenvalue weighted by atomic mass is 32.2. The number of hydrogen-bond acceptors (Lipinski definition) is 8. The molecule has 0 fully saturated rings. The summed E-state index contributed by atoms with van der Waals surface area (Å²) in [6.45, 7) is 6.20. The van der Waals surface area contributed by atoms with E-state index in [0.717, 1.165) is 9.97 Å². The van der Waals surface area contributed by atoms with Crippen molar-refractivity contribution in [3.63, 3.8) is 0 Å². The van der Waals surface area contributed by atoms with E-state index in [9.17, 15) is 9.59 Å². The molecule has 1 amide bonds. The number of rotatable bonds is 6. The predicted molar refractivity (Wildman–Crippen MR) is 92.1 cm³/mol. The Labute approximate surface area is 148 Å². The Balaban J connectivity index is 1.86. The van der Waals surface area contributed by atoms with Gasteiger partial charge >= 0.3 is 5.97 Å². The average Bonchev–Trinajstić information content (AvgIpc) is 3.13. The maximum absolute atomic E-state index is 11.6. The van der Waals surface area contributed by atoms with E-state index in [1.54, 1.807) is 12.4 Å². The molecule has 0 unspecified atom stereocenters. The second-order valence-corrected chi connectivity index (χ2v) is 8.25. The largest absolute Gasteiger partial charge is 0.469 e. The minimum Gasteiger partial charge on any atom is -0.469 e. The number of nitrogens with zero attached hydrogens (tertiary/aromatic N) is 2. The number of amides is 1. The molecule has 2 rings (SSSR count). The third kappa shape index (κ3) is 5.34. The van der Waals surface area contributed by atoms with Crippen molar-refractivity contribution >= 4 is 40.1 Å². The van der Waals surface area contributed by atoms with E-state index in [-0.39, 0.29) is 11.8 Å². The zero-order chi connectivity index (χ0) is 17.7. The number of anilines is 1. The molecule has 2 heterocycles. The summed E-state index contributed by atoms with van der Waals surface area (Å²) in [4.78, 5) is 31.0. The van der Waals surface area contributed by atoms with Crippen molar-refractivity contribution in [1.29, 1.82) is 0 Å². The summed E-state index contributed by atoms with van der Waals surface area (Å²) in [7, 11) is 1.24. The van der Waals surface area contributed by atoms with Crippen LogP contribution in [0.3, 0.4) is 0 Å². The molecule has 2 aromatic rings. The molecule has 0 atom stereocenters. The summed E-state index contributed by atoms with van der Waals surface area (Å²) in [6.07, 6.45) is 3.09. The van der Waals surface area contributed by atoms with Gasteiger partial charge in [-0.1, -0.05) is 32.1 Å². The van der Waals surface area contributed by atoms with E-state index >= 15 is 0 Å². The van der Waals surface area contributed by atoms with Crippen LogP contribution in [0.2, 0.25) is 0 Å². The molecule has 0 bridgehead atoms. The number of aromatic nitrogens is 2. The maximum Gasteiger partial charge on any atom is 0.315 e. The zero-order valence-corrected chi connectivity index (χ0v) is 15.5. The third-order valence-electron chi connectivity index (χ3n) is 2.89. The number of ether oxygens (including phenoxy) is 1. The van der Waals surface area contributed by atoms with E-state index in [2.05, 4.69) is 40.8 Å². The van der Waals surface area contributed by atoms with Gasteiger partial charge in [0.15, 0.2) is 5.13 Å². The average molecular weight is 369 g/mol. The first-order valence-corrected chi connectivity index (χ1v) is 8.98. The molecule has 1 N–H and O–H groups in total. The molecule has 0 aromatic carbocycles. The van der Waals surface area contributed by atoms with Gasteiger partial charge in [0.25, 0.3) is 0 Å². The van der Waals surface area contributed by atoms with Gasteiger partial charge in [0.1, 0.15) is 12.2 Å². The number of methoxy groups -OCH3 is 1. The van der Waals surface area contributed by atoms with Crippen LogP contribution in [0.25, 0.3) is 0 Å². The third-order valence-corrected chi connectivity index (χ3v) is 4.99.